The lowest BCUT2D eigenvalue weighted by Crippen LogP contribution is -2.39. The second-order valence-electron chi connectivity index (χ2n) is 6.82. The number of para-hydroxylation sites is 1. The third kappa shape index (κ3) is 2.57. The van der Waals surface area contributed by atoms with Crippen molar-refractivity contribution in [2.24, 2.45) is 11.3 Å². The normalized spacial score (nSPS) is 25.5. The molecular weight excluding hydrogens is 306 g/mol. The Morgan fingerprint density at radius 3 is 3.08 bits per heavy atom. The van der Waals surface area contributed by atoms with E-state index in [1.165, 1.54) is 0 Å². The van der Waals surface area contributed by atoms with Crippen LogP contribution in [0.5, 0.6) is 5.75 Å². The maximum atomic E-state index is 12.6. The Hall–Kier alpha value is -2.34. The molecule has 0 unspecified atom stereocenters. The van der Waals surface area contributed by atoms with Crippen LogP contribution in [0.3, 0.4) is 0 Å². The van der Waals surface area contributed by atoms with Crippen molar-refractivity contribution in [2.45, 2.75) is 13.0 Å². The summed E-state index contributed by atoms with van der Waals surface area (Å²) in [6.45, 7) is 2.07. The Kier molecular flexibility index (Phi) is 3.76. The van der Waals surface area contributed by atoms with Crippen LogP contribution in [0, 0.1) is 11.3 Å². The number of ether oxygens (including phenoxy) is 1. The maximum Gasteiger partial charge on any atom is 0.242 e. The van der Waals surface area contributed by atoms with Crippen LogP contribution in [0.2, 0.25) is 0 Å². The van der Waals surface area contributed by atoms with Gasteiger partial charge in [-0.1, -0.05) is 18.2 Å². The zero-order valence-corrected chi connectivity index (χ0v) is 13.5. The van der Waals surface area contributed by atoms with Crippen LogP contribution < -0.4 is 4.74 Å². The highest BCUT2D eigenvalue weighted by atomic mass is 16.5. The SMILES string of the molecule is O=C(Cn1ccnc1)N1C[C@@H]2COc3ccccc3C[C@]2(CO)C1. The topological polar surface area (TPSA) is 67.6 Å². The number of aromatic nitrogens is 2. The summed E-state index contributed by atoms with van der Waals surface area (Å²) in [5.41, 5.74) is 0.787. The number of aliphatic hydroxyl groups is 1. The van der Waals surface area contributed by atoms with Gasteiger partial charge in [0, 0.05) is 36.8 Å². The van der Waals surface area contributed by atoms with Gasteiger partial charge in [0.15, 0.2) is 0 Å². The van der Waals surface area contributed by atoms with Gasteiger partial charge in [-0.3, -0.25) is 4.79 Å². The molecule has 1 saturated heterocycles. The van der Waals surface area contributed by atoms with Crippen LogP contribution in [-0.4, -0.2) is 51.8 Å². The van der Waals surface area contributed by atoms with Crippen molar-refractivity contribution in [1.82, 2.24) is 14.5 Å². The van der Waals surface area contributed by atoms with E-state index >= 15 is 0 Å². The molecule has 6 heteroatoms. The highest BCUT2D eigenvalue weighted by molar-refractivity contribution is 5.76. The molecule has 0 radical (unpaired) electrons. The molecule has 1 aromatic carbocycles. The number of imidazole rings is 1. The van der Waals surface area contributed by atoms with Crippen LogP contribution in [0.1, 0.15) is 5.56 Å². The quantitative estimate of drug-likeness (QED) is 0.912. The van der Waals surface area contributed by atoms with Gasteiger partial charge >= 0.3 is 0 Å². The zero-order valence-electron chi connectivity index (χ0n) is 13.5. The maximum absolute atomic E-state index is 12.6. The van der Waals surface area contributed by atoms with E-state index in [1.807, 2.05) is 29.2 Å². The van der Waals surface area contributed by atoms with Gasteiger partial charge in [-0.2, -0.15) is 0 Å². The number of rotatable bonds is 3. The predicted molar refractivity (Wildman–Crippen MR) is 87.5 cm³/mol. The number of hydrogen-bond donors (Lipinski definition) is 1. The molecule has 24 heavy (non-hydrogen) atoms. The van der Waals surface area contributed by atoms with Crippen LogP contribution in [-0.2, 0) is 17.8 Å². The minimum Gasteiger partial charge on any atom is -0.493 e. The summed E-state index contributed by atoms with van der Waals surface area (Å²) in [4.78, 5) is 18.4. The number of nitrogens with zero attached hydrogens (tertiary/aromatic N) is 3. The minimum atomic E-state index is -0.322. The summed E-state index contributed by atoms with van der Waals surface area (Å²) in [5.74, 6) is 1.10. The van der Waals surface area contributed by atoms with Crippen LogP contribution in [0.4, 0.5) is 0 Å². The van der Waals surface area contributed by atoms with Crippen LogP contribution >= 0.6 is 0 Å². The van der Waals surface area contributed by atoms with Crippen LogP contribution in [0.25, 0.3) is 0 Å². The van der Waals surface area contributed by atoms with E-state index in [-0.39, 0.29) is 30.4 Å². The third-order valence-electron chi connectivity index (χ3n) is 5.31. The molecule has 2 atom stereocenters. The summed E-state index contributed by atoms with van der Waals surface area (Å²) in [6.07, 6.45) is 5.83. The van der Waals surface area contributed by atoms with Gasteiger partial charge in [-0.05, 0) is 18.1 Å². The molecule has 0 bridgehead atoms. The molecule has 0 spiro atoms. The Bertz CT molecular complexity index is 731. The third-order valence-corrected chi connectivity index (χ3v) is 5.31. The summed E-state index contributed by atoms with van der Waals surface area (Å²) in [5, 5.41) is 10.2. The molecule has 1 aromatic heterocycles. The minimum absolute atomic E-state index is 0.0576. The lowest BCUT2D eigenvalue weighted by Gasteiger charge is -2.30. The summed E-state index contributed by atoms with van der Waals surface area (Å²) in [6, 6.07) is 7.98. The highest BCUT2D eigenvalue weighted by Crippen LogP contribution is 2.43. The van der Waals surface area contributed by atoms with Crippen molar-refractivity contribution in [3.8, 4) is 5.75 Å². The van der Waals surface area contributed by atoms with Crippen molar-refractivity contribution >= 4 is 5.91 Å². The molecule has 1 amide bonds. The molecule has 2 aliphatic heterocycles. The van der Waals surface area contributed by atoms with Gasteiger partial charge in [-0.25, -0.2) is 4.98 Å². The van der Waals surface area contributed by atoms with Gasteiger partial charge in [0.1, 0.15) is 12.3 Å². The van der Waals surface area contributed by atoms with Gasteiger partial charge in [0.05, 0.1) is 19.5 Å². The smallest absolute Gasteiger partial charge is 0.242 e. The fourth-order valence-electron chi connectivity index (χ4n) is 3.88. The van der Waals surface area contributed by atoms with Gasteiger partial charge in [0.25, 0.3) is 0 Å². The summed E-state index contributed by atoms with van der Waals surface area (Å²) in [7, 11) is 0. The van der Waals surface area contributed by atoms with E-state index in [9.17, 15) is 9.90 Å². The molecule has 4 rings (SSSR count). The second kappa shape index (κ2) is 5.94. The van der Waals surface area contributed by atoms with Gasteiger partial charge in [-0.15, -0.1) is 0 Å². The van der Waals surface area contributed by atoms with Gasteiger partial charge in [0.2, 0.25) is 5.91 Å². The Labute approximate surface area is 140 Å². The monoisotopic (exact) mass is 327 g/mol. The fourth-order valence-corrected chi connectivity index (χ4v) is 3.88. The second-order valence-corrected chi connectivity index (χ2v) is 6.82. The first-order chi connectivity index (χ1) is 11.7. The van der Waals surface area contributed by atoms with Crippen molar-refractivity contribution in [3.63, 3.8) is 0 Å². The van der Waals surface area contributed by atoms with Crippen molar-refractivity contribution < 1.29 is 14.6 Å². The van der Waals surface area contributed by atoms with E-state index in [2.05, 4.69) is 4.98 Å². The number of amides is 1. The number of hydrogen-bond acceptors (Lipinski definition) is 4. The predicted octanol–water partition coefficient (Wildman–Crippen LogP) is 0.955. The van der Waals surface area contributed by atoms with E-state index in [4.69, 9.17) is 4.74 Å². The number of carbonyl (C=O) groups excluding carboxylic acids is 1. The average Bonchev–Trinajstić information content (AvgIpc) is 3.20. The Morgan fingerprint density at radius 2 is 2.29 bits per heavy atom. The summed E-state index contributed by atoms with van der Waals surface area (Å²) < 4.78 is 7.73. The molecule has 2 aliphatic rings. The van der Waals surface area contributed by atoms with E-state index in [1.54, 1.807) is 23.3 Å². The number of fused-ring (bicyclic) bond motifs is 2. The van der Waals surface area contributed by atoms with Gasteiger partial charge < -0.3 is 19.3 Å². The van der Waals surface area contributed by atoms with E-state index < -0.39 is 0 Å². The lowest BCUT2D eigenvalue weighted by molar-refractivity contribution is -0.131. The lowest BCUT2D eigenvalue weighted by atomic mass is 9.75. The van der Waals surface area contributed by atoms with E-state index in [0.29, 0.717) is 19.7 Å². The molecule has 0 aliphatic carbocycles. The fraction of sp³-hybridized carbons (Fsp3) is 0.444. The molecular formula is C18H21N3O3. The van der Waals surface area contributed by atoms with Crippen LogP contribution in [0.15, 0.2) is 43.0 Å². The molecule has 0 saturated carbocycles. The molecule has 3 heterocycles. The highest BCUT2D eigenvalue weighted by Gasteiger charge is 2.49. The standard InChI is InChI=1S/C18H21N3O3/c22-12-18-7-14-3-1-2-4-16(14)24-10-15(18)8-21(11-18)17(23)9-20-6-5-19-13-20/h1-6,13,15,22H,7-12H2/t15-,18-/m1/s1. The number of benzene rings is 1. The van der Waals surface area contributed by atoms with E-state index in [0.717, 1.165) is 17.7 Å². The van der Waals surface area contributed by atoms with Crippen molar-refractivity contribution in [1.29, 1.82) is 0 Å². The molecule has 2 aromatic rings. The largest absolute Gasteiger partial charge is 0.493 e. The first kappa shape index (κ1) is 15.2. The Balaban J connectivity index is 1.55. The Morgan fingerprint density at radius 1 is 1.42 bits per heavy atom. The molecule has 1 N–H and O–H groups in total. The summed E-state index contributed by atoms with van der Waals surface area (Å²) >= 11 is 0. The molecule has 1 fully saturated rings. The molecule has 6 nitrogen and oxygen atoms in total. The number of aliphatic hydroxyl groups excluding tert-OH is 1. The number of likely N-dealkylation sites (tertiary alicyclic amines) is 1. The number of carbonyl (C=O) groups is 1. The first-order valence-electron chi connectivity index (χ1n) is 8.25. The molecule has 126 valence electrons. The first-order valence-corrected chi connectivity index (χ1v) is 8.25. The van der Waals surface area contributed by atoms with Crippen molar-refractivity contribution in [3.05, 3.63) is 48.5 Å². The van der Waals surface area contributed by atoms with Crippen molar-refractivity contribution in [2.75, 3.05) is 26.3 Å². The average molecular weight is 327 g/mol. The zero-order chi connectivity index (χ0) is 16.6.